The number of carbonyl (C=O) groups is 3. The van der Waals surface area contributed by atoms with Crippen LogP contribution in [-0.2, 0) is 19.1 Å². The number of unbranched alkanes of at least 4 members (excludes halogenated alkanes) is 1. The summed E-state index contributed by atoms with van der Waals surface area (Å²) in [6.45, 7) is 7.69. The monoisotopic (exact) mass is 496 g/mol. The number of nitrogens with zero attached hydrogens (tertiary/aromatic N) is 4. The molecule has 1 heterocycles. The molecule has 0 radical (unpaired) electrons. The van der Waals surface area contributed by atoms with E-state index in [-0.39, 0.29) is 41.8 Å². The van der Waals surface area contributed by atoms with Gasteiger partial charge >= 0.3 is 5.97 Å². The fourth-order valence-electron chi connectivity index (χ4n) is 3.41. The van der Waals surface area contributed by atoms with E-state index in [1.807, 2.05) is 20.8 Å². The van der Waals surface area contributed by atoms with Gasteiger partial charge in [0.15, 0.2) is 6.10 Å². The molecule has 4 atom stereocenters. The van der Waals surface area contributed by atoms with Crippen molar-refractivity contribution in [3.63, 3.8) is 0 Å². The first-order valence-electron chi connectivity index (χ1n) is 11.3. The van der Waals surface area contributed by atoms with Crippen molar-refractivity contribution < 1.29 is 23.9 Å². The number of esters is 1. The lowest BCUT2D eigenvalue weighted by Crippen LogP contribution is -2.46. The quantitative estimate of drug-likeness (QED) is 0.124. The van der Waals surface area contributed by atoms with E-state index in [0.717, 1.165) is 12.8 Å². The lowest BCUT2D eigenvalue weighted by molar-refractivity contribution is -0.147. The summed E-state index contributed by atoms with van der Waals surface area (Å²) in [4.78, 5) is 43.9. The molecule has 1 aromatic heterocycles. The Labute approximate surface area is 204 Å². The van der Waals surface area contributed by atoms with Gasteiger partial charge < -0.3 is 20.1 Å². The molecule has 0 saturated heterocycles. The van der Waals surface area contributed by atoms with Crippen molar-refractivity contribution in [2.75, 3.05) is 20.8 Å². The first-order valence-corrected chi connectivity index (χ1v) is 12.2. The zero-order chi connectivity index (χ0) is 25.7. The summed E-state index contributed by atoms with van der Waals surface area (Å²) in [6.07, 6.45) is 1.94. The third kappa shape index (κ3) is 9.66. The van der Waals surface area contributed by atoms with Crippen LogP contribution in [-0.4, -0.2) is 55.6 Å². The Kier molecular flexibility index (Phi) is 13.2. The Balaban J connectivity index is 3.00. The van der Waals surface area contributed by atoms with Gasteiger partial charge in [-0.1, -0.05) is 32.3 Å². The fourth-order valence-corrected chi connectivity index (χ4v) is 4.25. The van der Waals surface area contributed by atoms with Crippen molar-refractivity contribution in [3.05, 3.63) is 26.5 Å². The van der Waals surface area contributed by atoms with Crippen molar-refractivity contribution in [2.45, 2.75) is 71.6 Å². The van der Waals surface area contributed by atoms with Crippen molar-refractivity contribution in [3.8, 4) is 0 Å². The van der Waals surface area contributed by atoms with Gasteiger partial charge in [0.25, 0.3) is 5.91 Å². The van der Waals surface area contributed by atoms with Crippen LogP contribution in [0.4, 0.5) is 0 Å². The standard InChI is InChI=1S/C22H36N6O5S/c1-13(2)16(25-21(31)19(27-28-23)14(3)9-7-8-10-32-6)11-18(33-15(4)29)22-26-17(12-34-22)20(30)24-5/h12-14,16,18-19H,7-11H2,1-6H3,(H,24,30)(H,25,31)/t14-,16+,18+,19-/m0/s1. The summed E-state index contributed by atoms with van der Waals surface area (Å²) >= 11 is 1.21. The summed E-state index contributed by atoms with van der Waals surface area (Å²) in [5.41, 5.74) is 9.24. The normalized spacial score (nSPS) is 14.4. The number of ether oxygens (including phenoxy) is 2. The predicted octanol–water partition coefficient (Wildman–Crippen LogP) is 3.77. The Morgan fingerprint density at radius 3 is 2.53 bits per heavy atom. The summed E-state index contributed by atoms with van der Waals surface area (Å²) in [7, 11) is 3.15. The Morgan fingerprint density at radius 1 is 1.26 bits per heavy atom. The topological polar surface area (TPSA) is 155 Å². The SMILES string of the molecule is CNC(=O)c1csc([C@@H](C[C@@H](NC(=O)[C@@H](N=[N+]=[N-])[C@@H](C)CCCCOC)C(C)C)OC(C)=O)n1. The van der Waals surface area contributed by atoms with Gasteiger partial charge in [0.1, 0.15) is 16.7 Å². The molecule has 190 valence electrons. The second-order valence-electron chi connectivity index (χ2n) is 8.46. The van der Waals surface area contributed by atoms with E-state index in [2.05, 4.69) is 25.6 Å². The molecule has 1 aromatic rings. The van der Waals surface area contributed by atoms with E-state index in [1.165, 1.54) is 25.3 Å². The summed E-state index contributed by atoms with van der Waals surface area (Å²) in [5, 5.41) is 11.3. The van der Waals surface area contributed by atoms with Crippen LogP contribution in [0.5, 0.6) is 0 Å². The van der Waals surface area contributed by atoms with Gasteiger partial charge in [0.05, 0.1) is 0 Å². The number of nitrogens with one attached hydrogen (secondary N) is 2. The van der Waals surface area contributed by atoms with E-state index in [1.54, 1.807) is 12.5 Å². The van der Waals surface area contributed by atoms with E-state index < -0.39 is 18.1 Å². The molecule has 11 nitrogen and oxygen atoms in total. The molecule has 0 aliphatic heterocycles. The molecule has 2 amide bonds. The van der Waals surface area contributed by atoms with E-state index in [9.17, 15) is 14.4 Å². The van der Waals surface area contributed by atoms with Gasteiger partial charge in [-0.25, -0.2) is 4.98 Å². The van der Waals surface area contributed by atoms with Crippen molar-refractivity contribution in [1.29, 1.82) is 0 Å². The van der Waals surface area contributed by atoms with E-state index in [4.69, 9.17) is 15.0 Å². The summed E-state index contributed by atoms with van der Waals surface area (Å²) in [5.74, 6) is -1.37. The number of thiazole rings is 1. The minimum Gasteiger partial charge on any atom is -0.455 e. The van der Waals surface area contributed by atoms with Crippen molar-refractivity contribution >= 4 is 29.1 Å². The maximum Gasteiger partial charge on any atom is 0.303 e. The molecular weight excluding hydrogens is 460 g/mol. The molecule has 0 bridgehead atoms. The molecule has 0 saturated carbocycles. The lowest BCUT2D eigenvalue weighted by atomic mass is 9.93. The van der Waals surface area contributed by atoms with Gasteiger partial charge in [0.2, 0.25) is 5.91 Å². The molecule has 2 N–H and O–H groups in total. The average molecular weight is 497 g/mol. The molecule has 0 spiro atoms. The molecule has 1 rings (SSSR count). The molecule has 0 aromatic carbocycles. The van der Waals surface area contributed by atoms with Crippen LogP contribution in [0.25, 0.3) is 10.4 Å². The number of hydrogen-bond donors (Lipinski definition) is 2. The Hall–Kier alpha value is -2.69. The average Bonchev–Trinajstić information content (AvgIpc) is 3.28. The predicted molar refractivity (Wildman–Crippen MR) is 129 cm³/mol. The number of aromatic nitrogens is 1. The summed E-state index contributed by atoms with van der Waals surface area (Å²) in [6, 6.07) is -1.25. The van der Waals surface area contributed by atoms with Crippen LogP contribution in [0.1, 0.15) is 75.0 Å². The van der Waals surface area contributed by atoms with Crippen LogP contribution in [0.3, 0.4) is 0 Å². The number of azide groups is 1. The maximum atomic E-state index is 13.1. The third-order valence-corrected chi connectivity index (χ3v) is 6.34. The molecule has 34 heavy (non-hydrogen) atoms. The minimum absolute atomic E-state index is 0.0101. The zero-order valence-electron chi connectivity index (χ0n) is 20.7. The Bertz CT molecular complexity index is 855. The van der Waals surface area contributed by atoms with Crippen LogP contribution >= 0.6 is 11.3 Å². The summed E-state index contributed by atoms with van der Waals surface area (Å²) < 4.78 is 10.5. The smallest absolute Gasteiger partial charge is 0.303 e. The number of hydrogen-bond acceptors (Lipinski definition) is 8. The van der Waals surface area contributed by atoms with Crippen LogP contribution in [0.2, 0.25) is 0 Å². The zero-order valence-corrected chi connectivity index (χ0v) is 21.6. The number of amides is 2. The number of carbonyl (C=O) groups excluding carboxylic acids is 3. The highest BCUT2D eigenvalue weighted by Gasteiger charge is 2.30. The first kappa shape index (κ1) is 29.3. The van der Waals surface area contributed by atoms with Crippen molar-refractivity contribution in [2.24, 2.45) is 17.0 Å². The first-order chi connectivity index (χ1) is 16.1. The van der Waals surface area contributed by atoms with E-state index in [0.29, 0.717) is 18.0 Å². The van der Waals surface area contributed by atoms with Gasteiger partial charge in [-0.2, -0.15) is 0 Å². The maximum absolute atomic E-state index is 13.1. The highest BCUT2D eigenvalue weighted by molar-refractivity contribution is 7.09. The molecule has 0 fully saturated rings. The van der Waals surface area contributed by atoms with Crippen LogP contribution in [0.15, 0.2) is 10.5 Å². The second-order valence-corrected chi connectivity index (χ2v) is 9.35. The molecule has 0 aliphatic carbocycles. The molecule has 0 aliphatic rings. The van der Waals surface area contributed by atoms with Gasteiger partial charge in [0, 0.05) is 50.4 Å². The van der Waals surface area contributed by atoms with Crippen LogP contribution < -0.4 is 10.6 Å². The van der Waals surface area contributed by atoms with Gasteiger partial charge in [-0.05, 0) is 30.2 Å². The number of rotatable bonds is 15. The molecule has 0 unspecified atom stereocenters. The van der Waals surface area contributed by atoms with E-state index >= 15 is 0 Å². The number of methoxy groups -OCH3 is 1. The lowest BCUT2D eigenvalue weighted by Gasteiger charge is -2.28. The highest BCUT2D eigenvalue weighted by Crippen LogP contribution is 2.29. The van der Waals surface area contributed by atoms with Crippen LogP contribution in [0, 0.1) is 11.8 Å². The molecule has 12 heteroatoms. The van der Waals surface area contributed by atoms with Gasteiger partial charge in [-0.15, -0.1) is 11.3 Å². The third-order valence-electron chi connectivity index (χ3n) is 5.41. The second kappa shape index (κ2) is 15.3. The molecular formula is C22H36N6O5S. The minimum atomic E-state index is -0.860. The highest BCUT2D eigenvalue weighted by atomic mass is 32.1. The Morgan fingerprint density at radius 2 is 1.97 bits per heavy atom. The fraction of sp³-hybridized carbons (Fsp3) is 0.727. The van der Waals surface area contributed by atoms with Gasteiger partial charge in [-0.3, -0.25) is 14.4 Å². The largest absolute Gasteiger partial charge is 0.455 e. The van der Waals surface area contributed by atoms with Crippen molar-refractivity contribution in [1.82, 2.24) is 15.6 Å².